The van der Waals surface area contributed by atoms with Gasteiger partial charge in [0.25, 0.3) is 5.91 Å². The Labute approximate surface area is 124 Å². The second-order valence-electron chi connectivity index (χ2n) is 4.00. The van der Waals surface area contributed by atoms with Crippen LogP contribution in [0.2, 0.25) is 0 Å². The van der Waals surface area contributed by atoms with Crippen molar-refractivity contribution in [1.82, 2.24) is 4.98 Å². The number of halogens is 1. The van der Waals surface area contributed by atoms with E-state index in [9.17, 15) is 4.79 Å². The van der Waals surface area contributed by atoms with Crippen molar-refractivity contribution >= 4 is 27.5 Å². The molecule has 1 aromatic heterocycles. The normalized spacial score (nSPS) is 9.85. The minimum Gasteiger partial charge on any atom is -0.325 e. The summed E-state index contributed by atoms with van der Waals surface area (Å²) in [5.41, 5.74) is 7.74. The highest BCUT2D eigenvalue weighted by molar-refractivity contribution is 9.10. The molecule has 0 spiro atoms. The number of amides is 1. The Balaban J connectivity index is 2.21. The van der Waals surface area contributed by atoms with Gasteiger partial charge in [-0.3, -0.25) is 9.78 Å². The first-order valence-corrected chi connectivity index (χ1v) is 6.59. The summed E-state index contributed by atoms with van der Waals surface area (Å²) in [5, 5.41) is 11.6. The van der Waals surface area contributed by atoms with E-state index in [1.165, 1.54) is 0 Å². The largest absolute Gasteiger partial charge is 0.325 e. The van der Waals surface area contributed by atoms with Crippen LogP contribution in [0, 0.1) is 11.3 Å². The second kappa shape index (κ2) is 6.28. The van der Waals surface area contributed by atoms with Crippen LogP contribution in [0.15, 0.2) is 41.0 Å². The first-order chi connectivity index (χ1) is 9.63. The first-order valence-electron chi connectivity index (χ1n) is 5.80. The molecule has 2 rings (SSSR count). The zero-order valence-electron chi connectivity index (χ0n) is 10.4. The number of rotatable bonds is 3. The van der Waals surface area contributed by atoms with Crippen molar-refractivity contribution in [2.24, 2.45) is 5.73 Å². The summed E-state index contributed by atoms with van der Waals surface area (Å²) < 4.78 is 0.651. The lowest BCUT2D eigenvalue weighted by Crippen LogP contribution is -2.13. The van der Waals surface area contributed by atoms with E-state index in [-0.39, 0.29) is 12.5 Å². The van der Waals surface area contributed by atoms with Crippen molar-refractivity contribution in [3.8, 4) is 6.07 Å². The minimum atomic E-state index is -0.257. The molecular formula is C14H11BrN4O. The Morgan fingerprint density at radius 3 is 2.85 bits per heavy atom. The lowest BCUT2D eigenvalue weighted by Gasteiger charge is -2.08. The van der Waals surface area contributed by atoms with Gasteiger partial charge in [-0.2, -0.15) is 5.26 Å². The summed E-state index contributed by atoms with van der Waals surface area (Å²) in [6.07, 6.45) is 1.55. The van der Waals surface area contributed by atoms with Crippen LogP contribution in [0.5, 0.6) is 0 Å². The van der Waals surface area contributed by atoms with E-state index in [0.717, 1.165) is 0 Å². The van der Waals surface area contributed by atoms with Crippen molar-refractivity contribution in [1.29, 1.82) is 5.26 Å². The number of carbonyl (C=O) groups is 1. The number of benzene rings is 1. The molecule has 2 aromatic rings. The van der Waals surface area contributed by atoms with Gasteiger partial charge in [0.2, 0.25) is 0 Å². The molecule has 20 heavy (non-hydrogen) atoms. The van der Waals surface area contributed by atoms with Gasteiger partial charge in [-0.05, 0) is 46.3 Å². The molecule has 0 radical (unpaired) electrons. The summed E-state index contributed by atoms with van der Waals surface area (Å²) in [6.45, 7) is 0.279. The number of aromatic nitrogens is 1. The third-order valence-corrected chi connectivity index (χ3v) is 3.29. The zero-order valence-corrected chi connectivity index (χ0v) is 12.0. The minimum absolute atomic E-state index is 0.257. The number of hydrogen-bond donors (Lipinski definition) is 2. The van der Waals surface area contributed by atoms with Crippen LogP contribution in [0.25, 0.3) is 0 Å². The molecule has 3 N–H and O–H groups in total. The summed E-state index contributed by atoms with van der Waals surface area (Å²) in [7, 11) is 0. The Hall–Kier alpha value is -2.23. The molecule has 1 amide bonds. The number of nitrogens with two attached hydrogens (primary N) is 1. The number of carbonyl (C=O) groups excluding carboxylic acids is 1. The van der Waals surface area contributed by atoms with Gasteiger partial charge in [0.05, 0.1) is 23.0 Å². The summed E-state index contributed by atoms with van der Waals surface area (Å²) in [5.74, 6) is -0.257. The van der Waals surface area contributed by atoms with Crippen LogP contribution in [0.3, 0.4) is 0 Å². The average Bonchev–Trinajstić information content (AvgIpc) is 2.49. The maximum Gasteiger partial charge on any atom is 0.255 e. The van der Waals surface area contributed by atoms with E-state index in [1.54, 1.807) is 36.5 Å². The average molecular weight is 331 g/mol. The molecule has 0 aliphatic rings. The van der Waals surface area contributed by atoms with Crippen LogP contribution in [0.1, 0.15) is 21.6 Å². The Morgan fingerprint density at radius 1 is 1.40 bits per heavy atom. The second-order valence-corrected chi connectivity index (χ2v) is 4.85. The first kappa shape index (κ1) is 14.2. The van der Waals surface area contributed by atoms with Gasteiger partial charge in [0, 0.05) is 22.8 Å². The number of nitrogens with one attached hydrogen (secondary N) is 1. The molecule has 0 saturated carbocycles. The third kappa shape index (κ3) is 3.20. The molecular weight excluding hydrogens is 320 g/mol. The molecule has 0 aliphatic carbocycles. The molecule has 100 valence electrons. The van der Waals surface area contributed by atoms with Gasteiger partial charge in [0.15, 0.2) is 0 Å². The maximum absolute atomic E-state index is 12.1. The molecule has 0 saturated heterocycles. The van der Waals surface area contributed by atoms with Crippen molar-refractivity contribution in [3.63, 3.8) is 0 Å². The number of nitriles is 1. The lowest BCUT2D eigenvalue weighted by atomic mass is 10.2. The van der Waals surface area contributed by atoms with Crippen molar-refractivity contribution in [3.05, 3.63) is 57.8 Å². The monoisotopic (exact) mass is 330 g/mol. The van der Waals surface area contributed by atoms with Crippen LogP contribution < -0.4 is 11.1 Å². The fourth-order valence-electron chi connectivity index (χ4n) is 1.61. The van der Waals surface area contributed by atoms with Gasteiger partial charge in [-0.1, -0.05) is 0 Å². The van der Waals surface area contributed by atoms with Gasteiger partial charge < -0.3 is 11.1 Å². The maximum atomic E-state index is 12.1. The van der Waals surface area contributed by atoms with E-state index in [2.05, 4.69) is 26.2 Å². The van der Waals surface area contributed by atoms with Gasteiger partial charge >= 0.3 is 0 Å². The fraction of sp³-hybridized carbons (Fsp3) is 0.0714. The molecule has 0 atom stereocenters. The summed E-state index contributed by atoms with van der Waals surface area (Å²) in [4.78, 5) is 16.2. The van der Waals surface area contributed by atoms with Crippen LogP contribution >= 0.6 is 15.9 Å². The van der Waals surface area contributed by atoms with Crippen molar-refractivity contribution in [2.75, 3.05) is 5.32 Å². The standard InChI is InChI=1S/C14H11BrN4O/c15-12-5-9(7-16)1-2-13(12)19-14(20)10-3-4-18-11(6-10)8-17/h1-6H,8,17H2,(H,19,20). The summed E-state index contributed by atoms with van der Waals surface area (Å²) >= 11 is 3.32. The van der Waals surface area contributed by atoms with Gasteiger partial charge in [-0.25, -0.2) is 0 Å². The Bertz CT molecular complexity index is 694. The van der Waals surface area contributed by atoms with E-state index in [1.807, 2.05) is 6.07 Å². The highest BCUT2D eigenvalue weighted by Gasteiger charge is 2.09. The Kier molecular flexibility index (Phi) is 4.45. The zero-order chi connectivity index (χ0) is 14.5. The Morgan fingerprint density at radius 2 is 2.20 bits per heavy atom. The van der Waals surface area contributed by atoms with Crippen LogP contribution in [-0.4, -0.2) is 10.9 Å². The summed E-state index contributed by atoms with van der Waals surface area (Å²) in [6, 6.07) is 10.2. The van der Waals surface area contributed by atoms with Gasteiger partial charge in [-0.15, -0.1) is 0 Å². The fourth-order valence-corrected chi connectivity index (χ4v) is 2.09. The van der Waals surface area contributed by atoms with Crippen molar-refractivity contribution in [2.45, 2.75) is 6.54 Å². The topological polar surface area (TPSA) is 91.8 Å². The molecule has 0 unspecified atom stereocenters. The predicted molar refractivity (Wildman–Crippen MR) is 78.9 cm³/mol. The van der Waals surface area contributed by atoms with Crippen LogP contribution in [-0.2, 0) is 6.54 Å². The van der Waals surface area contributed by atoms with Gasteiger partial charge in [0.1, 0.15) is 0 Å². The molecule has 1 aromatic carbocycles. The molecule has 0 fully saturated rings. The lowest BCUT2D eigenvalue weighted by molar-refractivity contribution is 0.102. The van der Waals surface area contributed by atoms with E-state index >= 15 is 0 Å². The van der Waals surface area contributed by atoms with E-state index < -0.39 is 0 Å². The van der Waals surface area contributed by atoms with E-state index in [0.29, 0.717) is 27.0 Å². The SMILES string of the molecule is N#Cc1ccc(NC(=O)c2ccnc(CN)c2)c(Br)c1. The number of hydrogen-bond acceptors (Lipinski definition) is 4. The predicted octanol–water partition coefficient (Wildman–Crippen LogP) is 2.43. The number of pyridine rings is 1. The quantitative estimate of drug-likeness (QED) is 0.903. The third-order valence-electron chi connectivity index (χ3n) is 2.63. The number of nitrogens with zero attached hydrogens (tertiary/aromatic N) is 2. The number of anilines is 1. The van der Waals surface area contributed by atoms with Crippen molar-refractivity contribution < 1.29 is 4.79 Å². The highest BCUT2D eigenvalue weighted by atomic mass is 79.9. The molecule has 0 bridgehead atoms. The molecule has 1 heterocycles. The molecule has 6 heteroatoms. The van der Waals surface area contributed by atoms with Crippen LogP contribution in [0.4, 0.5) is 5.69 Å². The molecule has 5 nitrogen and oxygen atoms in total. The van der Waals surface area contributed by atoms with E-state index in [4.69, 9.17) is 11.0 Å². The highest BCUT2D eigenvalue weighted by Crippen LogP contribution is 2.24. The smallest absolute Gasteiger partial charge is 0.255 e. The molecule has 0 aliphatic heterocycles.